The van der Waals surface area contributed by atoms with Crippen LogP contribution in [0.25, 0.3) is 72.3 Å². The summed E-state index contributed by atoms with van der Waals surface area (Å²) in [4.78, 5) is 4.87. The summed E-state index contributed by atoms with van der Waals surface area (Å²) in [6.07, 6.45) is 8.00. The van der Waals surface area contributed by atoms with Gasteiger partial charge in [0.1, 0.15) is 25.4 Å². The molecule has 5 nitrogen and oxygen atoms in total. The van der Waals surface area contributed by atoms with Crippen molar-refractivity contribution in [2.24, 2.45) is 0 Å². The lowest BCUT2D eigenvalue weighted by molar-refractivity contribution is -0.571. The Morgan fingerprint density at radius 2 is 1.29 bits per heavy atom. The van der Waals surface area contributed by atoms with E-state index in [2.05, 4.69) is 141 Å². The van der Waals surface area contributed by atoms with Gasteiger partial charge in [-0.05, 0) is 93.9 Å². The van der Waals surface area contributed by atoms with E-state index in [0.717, 1.165) is 55.5 Å². The first-order chi connectivity index (χ1) is 35.4. The highest BCUT2D eigenvalue weighted by atomic mass is 28.3. The number of aromatic nitrogens is 4. The van der Waals surface area contributed by atoms with E-state index >= 15 is 0 Å². The van der Waals surface area contributed by atoms with Crippen LogP contribution in [0.2, 0.25) is 12.1 Å². The van der Waals surface area contributed by atoms with Crippen LogP contribution < -0.4 is 19.7 Å². The smallest absolute Gasteiger partial charge is 0.269 e. The zero-order valence-electron chi connectivity index (χ0n) is 43.3. The minimum Gasteiger partial charge on any atom is -0.458 e. The summed E-state index contributed by atoms with van der Waals surface area (Å²) in [7, 11) is -2.09. The van der Waals surface area contributed by atoms with Crippen molar-refractivity contribution < 1.29 is 16.2 Å². The molecule has 11 aromatic rings. The number of para-hydroxylation sites is 4. The van der Waals surface area contributed by atoms with Gasteiger partial charge in [0.25, 0.3) is 6.33 Å². The molecule has 6 heteroatoms. The topological polar surface area (TPSA) is 35.9 Å². The Morgan fingerprint density at radius 3 is 2.12 bits per heavy atom. The molecule has 12 rings (SSSR count). The predicted molar refractivity (Wildman–Crippen MR) is 282 cm³/mol. The molecule has 0 N–H and O–H groups in total. The Morgan fingerprint density at radius 1 is 0.603 bits per heavy atom. The van der Waals surface area contributed by atoms with Gasteiger partial charge in [0, 0.05) is 23.0 Å². The summed E-state index contributed by atoms with van der Waals surface area (Å²) < 4.78 is 57.5. The number of ether oxygens (including phenoxy) is 1. The Balaban J connectivity index is 1.01. The molecule has 1 saturated heterocycles. The van der Waals surface area contributed by atoms with E-state index in [1.807, 2.05) is 82.1 Å². The van der Waals surface area contributed by atoms with Crippen molar-refractivity contribution in [2.45, 2.75) is 51.1 Å². The Bertz CT molecular complexity index is 3940. The molecular weight excluding hydrogens is 845 g/mol. The van der Waals surface area contributed by atoms with Gasteiger partial charge in [0.2, 0.25) is 0 Å². The van der Waals surface area contributed by atoms with Crippen molar-refractivity contribution in [2.75, 3.05) is 0 Å². The van der Waals surface area contributed by atoms with Gasteiger partial charge in [0.15, 0.2) is 0 Å². The zero-order chi connectivity index (χ0) is 50.2. The van der Waals surface area contributed by atoms with Gasteiger partial charge in [-0.25, -0.2) is 4.98 Å². The second-order valence-electron chi connectivity index (χ2n) is 19.0. The molecule has 0 spiro atoms. The third kappa shape index (κ3) is 7.24. The molecule has 0 amide bonds. The fraction of sp³-hybridized carbons (Fsp3) is 0.129. The summed E-state index contributed by atoms with van der Waals surface area (Å²) in [5.41, 5.74) is 8.80. The highest BCUT2D eigenvalue weighted by molar-refractivity contribution is 7.02. The van der Waals surface area contributed by atoms with Crippen LogP contribution in [0, 0.1) is 6.33 Å². The third-order valence-electron chi connectivity index (χ3n) is 13.9. The lowest BCUT2D eigenvalue weighted by Gasteiger charge is -2.29. The third-order valence-corrected chi connectivity index (χ3v) is 19.2. The molecule has 1 aliphatic rings. The summed E-state index contributed by atoms with van der Waals surface area (Å²) in [6.45, 7) is 6.64. The number of benzene rings is 8. The van der Waals surface area contributed by atoms with E-state index in [1.165, 1.54) is 40.9 Å². The highest BCUT2D eigenvalue weighted by Crippen LogP contribution is 2.38. The number of rotatable bonds is 9. The molecule has 0 aliphatic carbocycles. The first kappa shape index (κ1) is 36.3. The molecule has 0 radical (unpaired) electrons. The number of nitrogens with zero attached hydrogens (tertiary/aromatic N) is 4. The molecule has 1 fully saturated rings. The van der Waals surface area contributed by atoms with Gasteiger partial charge in [-0.2, -0.15) is 0 Å². The van der Waals surface area contributed by atoms with Crippen molar-refractivity contribution in [3.05, 3.63) is 224 Å². The normalized spacial score (nSPS) is 14.7. The van der Waals surface area contributed by atoms with Crippen molar-refractivity contribution in [1.82, 2.24) is 14.1 Å². The van der Waals surface area contributed by atoms with Crippen LogP contribution in [-0.4, -0.2) is 22.2 Å². The summed E-state index contributed by atoms with van der Waals surface area (Å²) >= 11 is 0. The van der Waals surface area contributed by atoms with Crippen LogP contribution >= 0.6 is 0 Å². The van der Waals surface area contributed by atoms with E-state index in [1.54, 1.807) is 0 Å². The maximum Gasteiger partial charge on any atom is 0.269 e. The van der Waals surface area contributed by atoms with Gasteiger partial charge in [-0.3, -0.25) is 13.7 Å². The number of imidazole rings is 1. The second kappa shape index (κ2) is 16.8. The SMILES string of the molecule is [2H]c1c([2H])c([2H])c(-c2cccc(-c3cccc([Si]4(c5ccccc5)CCCC4)c3)c2-[n+]2[c-]n(-c3cccc(Oc4ccc5c6ccccc6n(-c6cc(C(C)(C)C)ccn6)c5c4)c3)c3ccccc32)c([2H])c1[2H]. The molecule has 4 heterocycles. The number of fused-ring (bicyclic) bond motifs is 4. The fourth-order valence-corrected chi connectivity index (χ4v) is 15.7. The van der Waals surface area contributed by atoms with Gasteiger partial charge in [-0.1, -0.05) is 196 Å². The number of hydrogen-bond acceptors (Lipinski definition) is 2. The Kier molecular flexibility index (Phi) is 8.98. The van der Waals surface area contributed by atoms with Crippen LogP contribution in [0.3, 0.4) is 0 Å². The van der Waals surface area contributed by atoms with Gasteiger partial charge >= 0.3 is 0 Å². The molecule has 3 aromatic heterocycles. The lowest BCUT2D eigenvalue weighted by Crippen LogP contribution is -2.55. The fourth-order valence-electron chi connectivity index (χ4n) is 10.6. The van der Waals surface area contributed by atoms with Crippen LogP contribution in [0.4, 0.5) is 0 Å². The quantitative estimate of drug-likeness (QED) is 0.0822. The van der Waals surface area contributed by atoms with Crippen LogP contribution in [0.5, 0.6) is 11.5 Å². The molecule has 0 unspecified atom stereocenters. The minimum atomic E-state index is -2.09. The predicted octanol–water partition coefficient (Wildman–Crippen LogP) is 14.0. The average Bonchev–Trinajstić information content (AvgIpc) is 4.16. The second-order valence-corrected chi connectivity index (χ2v) is 23.3. The van der Waals surface area contributed by atoms with Crippen molar-refractivity contribution in [3.63, 3.8) is 0 Å². The minimum absolute atomic E-state index is 0.0536. The maximum atomic E-state index is 9.24. The van der Waals surface area contributed by atoms with Crippen LogP contribution in [0.1, 0.15) is 46.0 Å². The van der Waals surface area contributed by atoms with E-state index in [4.69, 9.17) is 13.8 Å². The molecule has 330 valence electrons. The molecule has 0 bridgehead atoms. The van der Waals surface area contributed by atoms with E-state index in [-0.39, 0.29) is 35.1 Å². The van der Waals surface area contributed by atoms with E-state index in [9.17, 15) is 2.74 Å². The Labute approximate surface area is 406 Å². The van der Waals surface area contributed by atoms with Gasteiger partial charge in [0.05, 0.1) is 40.3 Å². The van der Waals surface area contributed by atoms with E-state index < -0.39 is 14.1 Å². The molecule has 0 saturated carbocycles. The Hall–Kier alpha value is -7.80. The van der Waals surface area contributed by atoms with Crippen molar-refractivity contribution >= 4 is 51.3 Å². The molecule has 68 heavy (non-hydrogen) atoms. The van der Waals surface area contributed by atoms with Gasteiger partial charge < -0.3 is 4.74 Å². The summed E-state index contributed by atoms with van der Waals surface area (Å²) in [6, 6.07) is 61.4. The largest absolute Gasteiger partial charge is 0.458 e. The van der Waals surface area contributed by atoms with Gasteiger partial charge in [-0.15, -0.1) is 0 Å². The average molecular weight is 902 g/mol. The summed E-state index contributed by atoms with van der Waals surface area (Å²) in [5, 5.41) is 5.04. The standard InChI is InChI=1S/C62H52N4OSi/c1-62(2,3)46-35-36-63-60(40-46)66-56-30-11-10-27-54(56)55-34-33-49(42-59(55)66)67-48-23-17-22-47(41-48)64-43-65(58-32-13-12-31-57(58)64)61-52(44-19-6-4-7-20-44)28-18-29-53(61)45-21-16-26-51(39-45)68(37-14-15-38-68)50-24-8-5-9-25-50/h4-13,16-36,39-42H,14-15,37-38H2,1-3H3/i4D,6D,7D,19D,20D. The zero-order valence-corrected chi connectivity index (χ0v) is 39.3. The number of hydrogen-bond donors (Lipinski definition) is 0. The molecule has 8 aromatic carbocycles. The first-order valence-corrected chi connectivity index (χ1v) is 25.9. The first-order valence-electron chi connectivity index (χ1n) is 26.0. The van der Waals surface area contributed by atoms with E-state index in [0.29, 0.717) is 22.7 Å². The maximum absolute atomic E-state index is 9.24. The highest BCUT2D eigenvalue weighted by Gasteiger charge is 2.40. The lowest BCUT2D eigenvalue weighted by atomic mass is 9.88. The molecular formula is C62H52N4OSi. The van der Waals surface area contributed by atoms with Crippen molar-refractivity contribution in [1.29, 1.82) is 0 Å². The monoisotopic (exact) mass is 901 g/mol. The molecule has 1 aliphatic heterocycles. The number of pyridine rings is 1. The summed E-state index contributed by atoms with van der Waals surface area (Å²) in [5.74, 6) is 2.15. The van der Waals surface area contributed by atoms with Crippen LogP contribution in [-0.2, 0) is 5.41 Å². The molecule has 0 atom stereocenters. The van der Waals surface area contributed by atoms with Crippen molar-refractivity contribution in [3.8, 4) is 50.9 Å². The van der Waals surface area contributed by atoms with Crippen LogP contribution in [0.15, 0.2) is 212 Å².